The van der Waals surface area contributed by atoms with Crippen molar-refractivity contribution in [2.24, 2.45) is 7.05 Å². The zero-order valence-corrected chi connectivity index (χ0v) is 12.6. The van der Waals surface area contributed by atoms with Crippen LogP contribution in [0.3, 0.4) is 0 Å². The van der Waals surface area contributed by atoms with Crippen LogP contribution in [-0.2, 0) is 19.8 Å². The summed E-state index contributed by atoms with van der Waals surface area (Å²) in [4.78, 5) is 13.5. The molecule has 0 saturated heterocycles. The third-order valence-electron chi connectivity index (χ3n) is 3.90. The van der Waals surface area contributed by atoms with Gasteiger partial charge in [-0.15, -0.1) is 0 Å². The summed E-state index contributed by atoms with van der Waals surface area (Å²) in [5, 5.41) is 6.84. The molecule has 0 aliphatic carbocycles. The number of benzene rings is 1. The third-order valence-corrected chi connectivity index (χ3v) is 3.90. The van der Waals surface area contributed by atoms with Crippen LogP contribution in [0.4, 0.5) is 23.7 Å². The Hall–Kier alpha value is -2.51. The Balaban J connectivity index is 2.01. The van der Waals surface area contributed by atoms with Gasteiger partial charge in [0.15, 0.2) is 0 Å². The predicted octanol–water partition coefficient (Wildman–Crippen LogP) is 3.23. The van der Waals surface area contributed by atoms with Gasteiger partial charge in [-0.1, -0.05) is 18.2 Å². The van der Waals surface area contributed by atoms with E-state index in [0.717, 1.165) is 11.8 Å². The van der Waals surface area contributed by atoms with Gasteiger partial charge in [-0.2, -0.15) is 18.3 Å². The number of hydrogen-bond donors (Lipinski definition) is 1. The standard InChI is InChI=1S/C15H15F3N4O/c1-9-13-12(7-19-21(13)2)22(14(23)20-9)8-10-5-3-4-6-11(10)15(16,17)18/h3-7,9H,8H2,1-2H3,(H,20,23). The fourth-order valence-corrected chi connectivity index (χ4v) is 2.85. The molecule has 2 aromatic rings. The van der Waals surface area contributed by atoms with Gasteiger partial charge in [0.25, 0.3) is 0 Å². The van der Waals surface area contributed by atoms with Crippen molar-refractivity contribution in [3.8, 4) is 0 Å². The molecule has 1 aliphatic rings. The van der Waals surface area contributed by atoms with Crippen LogP contribution in [0, 0.1) is 0 Å². The van der Waals surface area contributed by atoms with E-state index < -0.39 is 17.8 Å². The average Bonchev–Trinajstić information content (AvgIpc) is 2.85. The van der Waals surface area contributed by atoms with E-state index in [9.17, 15) is 18.0 Å². The number of nitrogens with one attached hydrogen (secondary N) is 1. The SMILES string of the molecule is CC1NC(=O)N(Cc2ccccc2C(F)(F)F)c2cnn(C)c21. The Bertz CT molecular complexity index is 753. The normalized spacial score (nSPS) is 17.9. The minimum absolute atomic E-state index is 0.0412. The van der Waals surface area contributed by atoms with Gasteiger partial charge in [0.2, 0.25) is 0 Å². The summed E-state index contributed by atoms with van der Waals surface area (Å²) >= 11 is 0. The molecule has 1 aromatic heterocycles. The molecule has 23 heavy (non-hydrogen) atoms. The summed E-state index contributed by atoms with van der Waals surface area (Å²) in [6, 6.07) is 4.57. The van der Waals surface area contributed by atoms with E-state index in [-0.39, 0.29) is 18.2 Å². The lowest BCUT2D eigenvalue weighted by atomic mass is 10.1. The second-order valence-electron chi connectivity index (χ2n) is 5.45. The maximum absolute atomic E-state index is 13.1. The molecule has 8 heteroatoms. The van der Waals surface area contributed by atoms with Crippen molar-refractivity contribution >= 4 is 11.7 Å². The highest BCUT2D eigenvalue weighted by molar-refractivity contribution is 5.94. The van der Waals surface area contributed by atoms with E-state index in [1.165, 1.54) is 29.3 Å². The Morgan fingerprint density at radius 1 is 1.30 bits per heavy atom. The maximum atomic E-state index is 13.1. The van der Waals surface area contributed by atoms with Crippen molar-refractivity contribution in [1.29, 1.82) is 0 Å². The lowest BCUT2D eigenvalue weighted by Crippen LogP contribution is -2.45. The van der Waals surface area contributed by atoms with Crippen molar-refractivity contribution in [2.45, 2.75) is 25.7 Å². The topological polar surface area (TPSA) is 50.2 Å². The van der Waals surface area contributed by atoms with Gasteiger partial charge >= 0.3 is 12.2 Å². The van der Waals surface area contributed by atoms with Crippen molar-refractivity contribution < 1.29 is 18.0 Å². The first-order valence-corrected chi connectivity index (χ1v) is 7.04. The summed E-state index contributed by atoms with van der Waals surface area (Å²) in [5.41, 5.74) is 0.589. The lowest BCUT2D eigenvalue weighted by molar-refractivity contribution is -0.138. The molecule has 1 atom stereocenters. The first-order chi connectivity index (χ1) is 10.8. The molecule has 1 aliphatic heterocycles. The van der Waals surface area contributed by atoms with Gasteiger partial charge in [0, 0.05) is 7.05 Å². The summed E-state index contributed by atoms with van der Waals surface area (Å²) in [6.45, 7) is 1.63. The number of nitrogens with zero attached hydrogens (tertiary/aromatic N) is 3. The van der Waals surface area contributed by atoms with Crippen LogP contribution in [0.1, 0.15) is 29.8 Å². The number of fused-ring (bicyclic) bond motifs is 1. The van der Waals surface area contributed by atoms with Gasteiger partial charge in [-0.05, 0) is 18.6 Å². The number of carbonyl (C=O) groups excluding carboxylic acids is 1. The molecule has 0 spiro atoms. The molecular weight excluding hydrogens is 309 g/mol. The van der Waals surface area contributed by atoms with Crippen LogP contribution >= 0.6 is 0 Å². The minimum Gasteiger partial charge on any atom is -0.330 e. The quantitative estimate of drug-likeness (QED) is 0.922. The van der Waals surface area contributed by atoms with Crippen molar-refractivity contribution in [3.63, 3.8) is 0 Å². The number of rotatable bonds is 2. The van der Waals surface area contributed by atoms with E-state index in [1.54, 1.807) is 18.7 Å². The van der Waals surface area contributed by atoms with Crippen LogP contribution in [0.25, 0.3) is 0 Å². The minimum atomic E-state index is -4.46. The highest BCUT2D eigenvalue weighted by atomic mass is 19.4. The van der Waals surface area contributed by atoms with Gasteiger partial charge in [0.05, 0.1) is 35.7 Å². The van der Waals surface area contributed by atoms with Gasteiger partial charge < -0.3 is 5.32 Å². The number of carbonyl (C=O) groups is 1. The molecular formula is C15H15F3N4O. The molecule has 3 rings (SSSR count). The fourth-order valence-electron chi connectivity index (χ4n) is 2.85. The highest BCUT2D eigenvalue weighted by Gasteiger charge is 2.36. The number of anilines is 1. The number of urea groups is 1. The molecule has 0 radical (unpaired) electrons. The average molecular weight is 324 g/mol. The molecule has 2 heterocycles. The van der Waals surface area contributed by atoms with E-state index >= 15 is 0 Å². The van der Waals surface area contributed by atoms with E-state index in [1.807, 2.05) is 0 Å². The molecule has 0 bridgehead atoms. The largest absolute Gasteiger partial charge is 0.416 e. The van der Waals surface area contributed by atoms with E-state index in [4.69, 9.17) is 0 Å². The highest BCUT2D eigenvalue weighted by Crippen LogP contribution is 2.35. The van der Waals surface area contributed by atoms with Gasteiger partial charge in [0.1, 0.15) is 0 Å². The molecule has 1 aromatic carbocycles. The third kappa shape index (κ3) is 2.64. The molecule has 2 amide bonds. The number of alkyl halides is 3. The Kier molecular flexibility index (Phi) is 3.54. The molecule has 0 fully saturated rings. The second-order valence-corrected chi connectivity index (χ2v) is 5.45. The zero-order chi connectivity index (χ0) is 16.8. The van der Waals surface area contributed by atoms with E-state index in [0.29, 0.717) is 5.69 Å². The van der Waals surface area contributed by atoms with Crippen molar-refractivity contribution in [3.05, 3.63) is 47.3 Å². The maximum Gasteiger partial charge on any atom is 0.416 e. The smallest absolute Gasteiger partial charge is 0.330 e. The summed E-state index contributed by atoms with van der Waals surface area (Å²) in [6.07, 6.45) is -2.96. The van der Waals surface area contributed by atoms with Crippen LogP contribution in [-0.4, -0.2) is 15.8 Å². The van der Waals surface area contributed by atoms with Gasteiger partial charge in [-0.3, -0.25) is 9.58 Å². The Labute approximate surface area is 130 Å². The summed E-state index contributed by atoms with van der Waals surface area (Å²) in [5.74, 6) is 0. The monoisotopic (exact) mass is 324 g/mol. The number of aryl methyl sites for hydroxylation is 1. The second kappa shape index (κ2) is 5.29. The number of hydrogen-bond acceptors (Lipinski definition) is 2. The van der Waals surface area contributed by atoms with Crippen LogP contribution < -0.4 is 10.2 Å². The molecule has 1 unspecified atom stereocenters. The fraction of sp³-hybridized carbons (Fsp3) is 0.333. The first-order valence-electron chi connectivity index (χ1n) is 7.04. The van der Waals surface area contributed by atoms with Crippen molar-refractivity contribution in [2.75, 3.05) is 4.90 Å². The molecule has 122 valence electrons. The van der Waals surface area contributed by atoms with Crippen LogP contribution in [0.2, 0.25) is 0 Å². The predicted molar refractivity (Wildman–Crippen MR) is 77.8 cm³/mol. The van der Waals surface area contributed by atoms with Crippen molar-refractivity contribution in [1.82, 2.24) is 15.1 Å². The van der Waals surface area contributed by atoms with Crippen LogP contribution in [0.15, 0.2) is 30.5 Å². The molecule has 0 saturated carbocycles. The number of halogens is 3. The molecule has 5 nitrogen and oxygen atoms in total. The van der Waals surface area contributed by atoms with E-state index in [2.05, 4.69) is 10.4 Å². The van der Waals surface area contributed by atoms with Crippen LogP contribution in [0.5, 0.6) is 0 Å². The zero-order valence-electron chi connectivity index (χ0n) is 12.6. The Morgan fingerprint density at radius 3 is 2.70 bits per heavy atom. The lowest BCUT2D eigenvalue weighted by Gasteiger charge is -2.32. The molecule has 1 N–H and O–H groups in total. The number of aromatic nitrogens is 2. The summed E-state index contributed by atoms with van der Waals surface area (Å²) < 4.78 is 41.0. The first kappa shape index (κ1) is 15.4. The van der Waals surface area contributed by atoms with Gasteiger partial charge in [-0.25, -0.2) is 4.79 Å². The number of amides is 2. The Morgan fingerprint density at radius 2 is 2.00 bits per heavy atom. The summed E-state index contributed by atoms with van der Waals surface area (Å²) in [7, 11) is 1.73.